The van der Waals surface area contributed by atoms with Crippen molar-refractivity contribution in [2.45, 2.75) is 25.3 Å². The van der Waals surface area contributed by atoms with E-state index >= 15 is 0 Å². The molecule has 2 atom stereocenters. The number of rotatable bonds is 1. The normalized spacial score (nSPS) is 26.0. The lowest BCUT2D eigenvalue weighted by Crippen LogP contribution is -2.46. The van der Waals surface area contributed by atoms with Crippen molar-refractivity contribution in [1.29, 1.82) is 0 Å². The van der Waals surface area contributed by atoms with Crippen LogP contribution in [0.15, 0.2) is 18.2 Å². The standard InChI is InChI=1S/C11H13FN2O/c1-6(13)11(2)8-5-7(12)3-4-9(8)14-10(11)15/h3-6H,13H2,1-2H3,(H,14,15)/t6?,11-/m1/s1. The van der Waals surface area contributed by atoms with Gasteiger partial charge in [0.05, 0.1) is 5.41 Å². The van der Waals surface area contributed by atoms with Gasteiger partial charge in [-0.2, -0.15) is 0 Å². The van der Waals surface area contributed by atoms with E-state index in [9.17, 15) is 9.18 Å². The van der Waals surface area contributed by atoms with Gasteiger partial charge in [-0.15, -0.1) is 0 Å². The first-order chi connectivity index (χ1) is 6.96. The third-order valence-electron chi connectivity index (χ3n) is 3.17. The van der Waals surface area contributed by atoms with E-state index in [0.717, 1.165) is 0 Å². The average molecular weight is 208 g/mol. The van der Waals surface area contributed by atoms with Crippen molar-refractivity contribution < 1.29 is 9.18 Å². The number of fused-ring (bicyclic) bond motifs is 1. The quantitative estimate of drug-likeness (QED) is 0.732. The Morgan fingerprint density at radius 1 is 1.53 bits per heavy atom. The topological polar surface area (TPSA) is 55.1 Å². The zero-order valence-corrected chi connectivity index (χ0v) is 8.67. The Morgan fingerprint density at radius 2 is 2.20 bits per heavy atom. The third-order valence-corrected chi connectivity index (χ3v) is 3.17. The van der Waals surface area contributed by atoms with E-state index < -0.39 is 5.41 Å². The number of hydrogen-bond acceptors (Lipinski definition) is 2. The molecule has 0 aliphatic carbocycles. The molecular weight excluding hydrogens is 195 g/mol. The summed E-state index contributed by atoms with van der Waals surface area (Å²) in [6.45, 7) is 3.48. The predicted molar refractivity (Wildman–Crippen MR) is 56.0 cm³/mol. The molecule has 1 amide bonds. The van der Waals surface area contributed by atoms with Gasteiger partial charge in [-0.05, 0) is 37.6 Å². The molecule has 0 saturated heterocycles. The number of amides is 1. The molecule has 1 aliphatic rings. The minimum absolute atomic E-state index is 0.168. The van der Waals surface area contributed by atoms with Crippen molar-refractivity contribution in [1.82, 2.24) is 0 Å². The first-order valence-electron chi connectivity index (χ1n) is 4.83. The van der Waals surface area contributed by atoms with Gasteiger partial charge in [0.15, 0.2) is 0 Å². The molecule has 0 saturated carbocycles. The summed E-state index contributed by atoms with van der Waals surface area (Å²) in [5.74, 6) is -0.518. The summed E-state index contributed by atoms with van der Waals surface area (Å²) in [7, 11) is 0. The summed E-state index contributed by atoms with van der Waals surface area (Å²) in [5.41, 5.74) is 6.26. The second-order valence-corrected chi connectivity index (χ2v) is 4.14. The Labute approximate surface area is 87.5 Å². The fourth-order valence-corrected chi connectivity index (χ4v) is 1.88. The fraction of sp³-hybridized carbons (Fsp3) is 0.364. The lowest BCUT2D eigenvalue weighted by atomic mass is 9.78. The van der Waals surface area contributed by atoms with Gasteiger partial charge in [-0.1, -0.05) is 0 Å². The summed E-state index contributed by atoms with van der Waals surface area (Å²) in [6, 6.07) is 3.90. The van der Waals surface area contributed by atoms with Gasteiger partial charge in [-0.25, -0.2) is 4.39 Å². The summed E-state index contributed by atoms with van der Waals surface area (Å²) in [5, 5.41) is 2.71. The minimum Gasteiger partial charge on any atom is -0.327 e. The van der Waals surface area contributed by atoms with Crippen LogP contribution in [0.2, 0.25) is 0 Å². The van der Waals surface area contributed by atoms with Gasteiger partial charge in [0.2, 0.25) is 5.91 Å². The maximum absolute atomic E-state index is 13.1. The van der Waals surface area contributed by atoms with Gasteiger partial charge >= 0.3 is 0 Å². The van der Waals surface area contributed by atoms with Crippen molar-refractivity contribution >= 4 is 11.6 Å². The molecular formula is C11H13FN2O. The maximum Gasteiger partial charge on any atom is 0.236 e. The van der Waals surface area contributed by atoms with Crippen LogP contribution in [0.4, 0.5) is 10.1 Å². The van der Waals surface area contributed by atoms with Crippen LogP contribution in [0.25, 0.3) is 0 Å². The highest BCUT2D eigenvalue weighted by Crippen LogP contribution is 2.39. The zero-order chi connectivity index (χ0) is 11.2. The van der Waals surface area contributed by atoms with Crippen molar-refractivity contribution in [3.8, 4) is 0 Å². The lowest BCUT2D eigenvalue weighted by Gasteiger charge is -2.26. The minimum atomic E-state index is -0.836. The Morgan fingerprint density at radius 3 is 2.80 bits per heavy atom. The lowest BCUT2D eigenvalue weighted by molar-refractivity contribution is -0.120. The number of hydrogen-bond donors (Lipinski definition) is 2. The molecule has 0 radical (unpaired) electrons. The second-order valence-electron chi connectivity index (χ2n) is 4.14. The van der Waals surface area contributed by atoms with Crippen LogP contribution in [-0.2, 0) is 10.2 Å². The Bertz CT molecular complexity index is 431. The maximum atomic E-state index is 13.1. The van der Waals surface area contributed by atoms with Crippen molar-refractivity contribution in [3.05, 3.63) is 29.6 Å². The molecule has 3 N–H and O–H groups in total. The van der Waals surface area contributed by atoms with Crippen LogP contribution in [0.1, 0.15) is 19.4 Å². The van der Waals surface area contributed by atoms with Crippen LogP contribution in [-0.4, -0.2) is 11.9 Å². The number of carbonyl (C=O) groups excluding carboxylic acids is 1. The van der Waals surface area contributed by atoms with E-state index in [0.29, 0.717) is 11.3 Å². The first-order valence-corrected chi connectivity index (χ1v) is 4.83. The van der Waals surface area contributed by atoms with Crippen LogP contribution in [0.3, 0.4) is 0 Å². The summed E-state index contributed by atoms with van der Waals surface area (Å²) in [4.78, 5) is 11.8. The second kappa shape index (κ2) is 3.03. The van der Waals surface area contributed by atoms with Gasteiger partial charge in [0.25, 0.3) is 0 Å². The van der Waals surface area contributed by atoms with Crippen molar-refractivity contribution in [2.75, 3.05) is 5.32 Å². The molecule has 3 nitrogen and oxygen atoms in total. The molecule has 1 aliphatic heterocycles. The number of carbonyl (C=O) groups is 1. The molecule has 1 unspecified atom stereocenters. The van der Waals surface area contributed by atoms with Gasteiger partial charge in [0, 0.05) is 11.7 Å². The molecule has 1 aromatic carbocycles. The number of nitrogens with two attached hydrogens (primary N) is 1. The Balaban J connectivity index is 2.63. The van der Waals surface area contributed by atoms with Crippen molar-refractivity contribution in [3.63, 3.8) is 0 Å². The van der Waals surface area contributed by atoms with Crippen LogP contribution in [0, 0.1) is 5.82 Å². The molecule has 0 bridgehead atoms. The van der Waals surface area contributed by atoms with E-state index in [2.05, 4.69) is 5.32 Å². The highest BCUT2D eigenvalue weighted by Gasteiger charge is 2.45. The molecule has 1 heterocycles. The van der Waals surface area contributed by atoms with Gasteiger partial charge < -0.3 is 11.1 Å². The molecule has 2 rings (SSSR count). The highest BCUT2D eigenvalue weighted by molar-refractivity contribution is 6.06. The third kappa shape index (κ3) is 1.25. The van der Waals surface area contributed by atoms with Crippen LogP contribution < -0.4 is 11.1 Å². The largest absolute Gasteiger partial charge is 0.327 e. The fourth-order valence-electron chi connectivity index (χ4n) is 1.88. The molecule has 1 aromatic rings. The Kier molecular flexibility index (Phi) is 2.04. The van der Waals surface area contributed by atoms with Crippen molar-refractivity contribution in [2.24, 2.45) is 5.73 Å². The van der Waals surface area contributed by atoms with E-state index in [1.54, 1.807) is 19.9 Å². The first kappa shape index (κ1) is 10.1. The molecule has 15 heavy (non-hydrogen) atoms. The number of nitrogens with one attached hydrogen (secondary N) is 1. The smallest absolute Gasteiger partial charge is 0.236 e. The number of halogens is 1. The molecule has 0 fully saturated rings. The summed E-state index contributed by atoms with van der Waals surface area (Å²) < 4.78 is 13.1. The molecule has 80 valence electrons. The number of anilines is 1. The molecule has 0 spiro atoms. The molecule has 4 heteroatoms. The van der Waals surface area contributed by atoms with E-state index in [4.69, 9.17) is 5.73 Å². The summed E-state index contributed by atoms with van der Waals surface area (Å²) in [6.07, 6.45) is 0. The van der Waals surface area contributed by atoms with Gasteiger partial charge in [0.1, 0.15) is 5.82 Å². The predicted octanol–water partition coefficient (Wildman–Crippen LogP) is 1.38. The SMILES string of the molecule is CC(N)[C@@]1(C)C(=O)Nc2ccc(F)cc21. The zero-order valence-electron chi connectivity index (χ0n) is 8.67. The average Bonchev–Trinajstić information content (AvgIpc) is 2.42. The van der Waals surface area contributed by atoms with E-state index in [1.807, 2.05) is 0 Å². The van der Waals surface area contributed by atoms with Crippen LogP contribution >= 0.6 is 0 Å². The molecule has 0 aromatic heterocycles. The Hall–Kier alpha value is -1.42. The van der Waals surface area contributed by atoms with Crippen LogP contribution in [0.5, 0.6) is 0 Å². The number of benzene rings is 1. The monoisotopic (exact) mass is 208 g/mol. The van der Waals surface area contributed by atoms with Gasteiger partial charge in [-0.3, -0.25) is 4.79 Å². The highest BCUT2D eigenvalue weighted by atomic mass is 19.1. The summed E-state index contributed by atoms with van der Waals surface area (Å²) >= 11 is 0. The van der Waals surface area contributed by atoms with E-state index in [-0.39, 0.29) is 17.8 Å². The van der Waals surface area contributed by atoms with E-state index in [1.165, 1.54) is 12.1 Å².